The summed E-state index contributed by atoms with van der Waals surface area (Å²) in [5.41, 5.74) is 0. The first kappa shape index (κ1) is 14.5. The highest BCUT2D eigenvalue weighted by Gasteiger charge is 2.15. The van der Waals surface area contributed by atoms with E-state index in [0.29, 0.717) is 29.7 Å². The lowest BCUT2D eigenvalue weighted by Crippen LogP contribution is -2.32. The first-order chi connectivity index (χ1) is 9.60. The van der Waals surface area contributed by atoms with Gasteiger partial charge >= 0.3 is 0 Å². The van der Waals surface area contributed by atoms with Crippen LogP contribution in [0.5, 0.6) is 0 Å². The second-order valence-electron chi connectivity index (χ2n) is 4.31. The van der Waals surface area contributed by atoms with E-state index in [1.807, 2.05) is 6.92 Å². The zero-order chi connectivity index (χ0) is 14.5. The second kappa shape index (κ2) is 6.51. The molecule has 7 nitrogen and oxygen atoms in total. The maximum absolute atomic E-state index is 11.9. The van der Waals surface area contributed by atoms with Gasteiger partial charge in [0.1, 0.15) is 6.04 Å². The second-order valence-corrected chi connectivity index (χ2v) is 4.75. The van der Waals surface area contributed by atoms with Crippen LogP contribution < -0.4 is 5.32 Å². The molecule has 0 aliphatic rings. The van der Waals surface area contributed by atoms with Crippen molar-refractivity contribution >= 4 is 17.5 Å². The maximum atomic E-state index is 11.9. The van der Waals surface area contributed by atoms with Crippen LogP contribution in [0.2, 0.25) is 5.02 Å². The molecular formula is C12H16ClN5O2. The Morgan fingerprint density at radius 1 is 1.60 bits per heavy atom. The Hall–Kier alpha value is -1.89. The van der Waals surface area contributed by atoms with Crippen LogP contribution >= 0.6 is 11.6 Å². The van der Waals surface area contributed by atoms with Crippen molar-refractivity contribution in [2.24, 2.45) is 0 Å². The molecule has 2 rings (SSSR count). The summed E-state index contributed by atoms with van der Waals surface area (Å²) < 4.78 is 6.55. The summed E-state index contributed by atoms with van der Waals surface area (Å²) in [5, 5.41) is 11.1. The Balaban J connectivity index is 1.80. The molecule has 2 aromatic heterocycles. The molecule has 0 unspecified atom stereocenters. The van der Waals surface area contributed by atoms with E-state index in [1.54, 1.807) is 13.1 Å². The van der Waals surface area contributed by atoms with E-state index in [0.717, 1.165) is 6.42 Å². The number of carbonyl (C=O) groups excluding carboxylic acids is 1. The van der Waals surface area contributed by atoms with Crippen molar-refractivity contribution in [1.82, 2.24) is 25.2 Å². The van der Waals surface area contributed by atoms with E-state index in [1.165, 1.54) is 10.9 Å². The first-order valence-corrected chi connectivity index (χ1v) is 6.76. The van der Waals surface area contributed by atoms with E-state index in [9.17, 15) is 4.79 Å². The summed E-state index contributed by atoms with van der Waals surface area (Å²) in [6.45, 7) is 4.14. The van der Waals surface area contributed by atoms with Crippen LogP contribution in [0.1, 0.15) is 31.6 Å². The lowest BCUT2D eigenvalue weighted by Gasteiger charge is -2.11. The smallest absolute Gasteiger partial charge is 0.244 e. The van der Waals surface area contributed by atoms with Gasteiger partial charge in [0.2, 0.25) is 11.8 Å². The van der Waals surface area contributed by atoms with Crippen LogP contribution in [0.25, 0.3) is 0 Å². The zero-order valence-corrected chi connectivity index (χ0v) is 12.1. The topological polar surface area (TPSA) is 85.8 Å². The number of nitrogens with zero attached hydrogens (tertiary/aromatic N) is 4. The van der Waals surface area contributed by atoms with Gasteiger partial charge in [-0.1, -0.05) is 23.7 Å². The molecular weight excluding hydrogens is 282 g/mol. The third-order valence-electron chi connectivity index (χ3n) is 2.81. The van der Waals surface area contributed by atoms with E-state index < -0.39 is 6.04 Å². The number of hydrogen-bond donors (Lipinski definition) is 1. The highest BCUT2D eigenvalue weighted by atomic mass is 35.5. The van der Waals surface area contributed by atoms with Gasteiger partial charge in [0.15, 0.2) is 5.82 Å². The van der Waals surface area contributed by atoms with Gasteiger partial charge in [-0.05, 0) is 6.92 Å². The fourth-order valence-corrected chi connectivity index (χ4v) is 1.77. The SMILES string of the molecule is CCc1noc(CCNC(=O)[C@H](C)n2cc(Cl)cn2)n1. The van der Waals surface area contributed by atoms with Crippen LogP contribution in [0.3, 0.4) is 0 Å². The Labute approximate surface area is 121 Å². The Morgan fingerprint density at radius 3 is 3.00 bits per heavy atom. The summed E-state index contributed by atoms with van der Waals surface area (Å²) >= 11 is 5.77. The van der Waals surface area contributed by atoms with Crippen LogP contribution in [0, 0.1) is 0 Å². The monoisotopic (exact) mass is 297 g/mol. The standard InChI is InChI=1S/C12H16ClN5O2/c1-3-10-16-11(20-17-10)4-5-14-12(19)8(2)18-7-9(13)6-15-18/h6-8H,3-5H2,1-2H3,(H,14,19)/t8-/m0/s1. The molecule has 0 spiro atoms. The predicted octanol–water partition coefficient (Wildman–Crippen LogP) is 1.40. The quantitative estimate of drug-likeness (QED) is 0.871. The lowest BCUT2D eigenvalue weighted by molar-refractivity contribution is -0.124. The molecule has 0 bridgehead atoms. The third-order valence-corrected chi connectivity index (χ3v) is 3.01. The number of halogens is 1. The van der Waals surface area contributed by atoms with E-state index in [-0.39, 0.29) is 5.91 Å². The summed E-state index contributed by atoms with van der Waals surface area (Å²) in [7, 11) is 0. The maximum Gasteiger partial charge on any atom is 0.244 e. The third kappa shape index (κ3) is 3.57. The van der Waals surface area contributed by atoms with Crippen molar-refractivity contribution in [3.05, 3.63) is 29.1 Å². The zero-order valence-electron chi connectivity index (χ0n) is 11.3. The molecule has 1 N–H and O–H groups in total. The van der Waals surface area contributed by atoms with Crippen molar-refractivity contribution in [2.45, 2.75) is 32.7 Å². The van der Waals surface area contributed by atoms with Gasteiger partial charge in [0, 0.05) is 25.6 Å². The summed E-state index contributed by atoms with van der Waals surface area (Å²) in [4.78, 5) is 16.1. The fourth-order valence-electron chi connectivity index (χ4n) is 1.62. The molecule has 108 valence electrons. The van der Waals surface area contributed by atoms with Gasteiger partial charge in [0.05, 0.1) is 11.2 Å². The fraction of sp³-hybridized carbons (Fsp3) is 0.500. The minimum atomic E-state index is -0.420. The van der Waals surface area contributed by atoms with Crippen LogP contribution in [-0.2, 0) is 17.6 Å². The number of aryl methyl sites for hydroxylation is 1. The van der Waals surface area contributed by atoms with Gasteiger partial charge in [-0.2, -0.15) is 10.1 Å². The van der Waals surface area contributed by atoms with Crippen molar-refractivity contribution in [1.29, 1.82) is 0 Å². The van der Waals surface area contributed by atoms with Gasteiger partial charge < -0.3 is 9.84 Å². The van der Waals surface area contributed by atoms with E-state index in [4.69, 9.17) is 16.1 Å². The molecule has 1 amide bonds. The van der Waals surface area contributed by atoms with Crippen molar-refractivity contribution in [2.75, 3.05) is 6.54 Å². The number of hydrogen-bond acceptors (Lipinski definition) is 5. The van der Waals surface area contributed by atoms with E-state index >= 15 is 0 Å². The number of aromatic nitrogens is 4. The van der Waals surface area contributed by atoms with Gasteiger partial charge in [-0.3, -0.25) is 9.48 Å². The minimum Gasteiger partial charge on any atom is -0.354 e. The van der Waals surface area contributed by atoms with Gasteiger partial charge in [0.25, 0.3) is 0 Å². The van der Waals surface area contributed by atoms with E-state index in [2.05, 4.69) is 20.6 Å². The Kier molecular flexibility index (Phi) is 4.73. The molecule has 0 aliphatic heterocycles. The number of amides is 1. The molecule has 2 heterocycles. The highest BCUT2D eigenvalue weighted by molar-refractivity contribution is 6.30. The molecule has 2 aromatic rings. The van der Waals surface area contributed by atoms with Crippen molar-refractivity contribution in [3.8, 4) is 0 Å². The normalized spacial score (nSPS) is 12.3. The molecule has 0 aliphatic carbocycles. The average Bonchev–Trinajstić information content (AvgIpc) is 3.06. The van der Waals surface area contributed by atoms with Crippen LogP contribution in [0.4, 0.5) is 0 Å². The molecule has 0 fully saturated rings. The van der Waals surface area contributed by atoms with Crippen LogP contribution in [0.15, 0.2) is 16.9 Å². The van der Waals surface area contributed by atoms with Gasteiger partial charge in [-0.15, -0.1) is 0 Å². The first-order valence-electron chi connectivity index (χ1n) is 6.39. The summed E-state index contributed by atoms with van der Waals surface area (Å²) in [5.74, 6) is 1.06. The summed E-state index contributed by atoms with van der Waals surface area (Å²) in [6.07, 6.45) is 4.34. The lowest BCUT2D eigenvalue weighted by atomic mass is 10.3. The Bertz CT molecular complexity index is 580. The highest BCUT2D eigenvalue weighted by Crippen LogP contribution is 2.10. The molecule has 1 atom stereocenters. The molecule has 0 aromatic carbocycles. The molecule has 8 heteroatoms. The predicted molar refractivity (Wildman–Crippen MR) is 72.3 cm³/mol. The Morgan fingerprint density at radius 2 is 2.40 bits per heavy atom. The molecule has 0 saturated heterocycles. The van der Waals surface area contributed by atoms with Crippen LogP contribution in [-0.4, -0.2) is 32.4 Å². The largest absolute Gasteiger partial charge is 0.354 e. The molecule has 0 radical (unpaired) electrons. The number of carbonyl (C=O) groups is 1. The van der Waals surface area contributed by atoms with Crippen molar-refractivity contribution in [3.63, 3.8) is 0 Å². The summed E-state index contributed by atoms with van der Waals surface area (Å²) in [6, 6.07) is -0.420. The minimum absolute atomic E-state index is 0.139. The molecule has 0 saturated carbocycles. The number of rotatable bonds is 6. The molecule has 20 heavy (non-hydrogen) atoms. The van der Waals surface area contributed by atoms with Gasteiger partial charge in [-0.25, -0.2) is 0 Å². The number of nitrogens with one attached hydrogen (secondary N) is 1. The van der Waals surface area contributed by atoms with Crippen molar-refractivity contribution < 1.29 is 9.32 Å². The average molecular weight is 298 g/mol.